The van der Waals surface area contributed by atoms with Crippen LogP contribution in [0.3, 0.4) is 0 Å². The summed E-state index contributed by atoms with van der Waals surface area (Å²) in [5.41, 5.74) is 0. The van der Waals surface area contributed by atoms with Crippen LogP contribution in [-0.2, 0) is 4.79 Å². The van der Waals surface area contributed by atoms with Crippen LogP contribution in [0, 0.1) is 17.8 Å². The molecular weight excluding hydrogens is 214 g/mol. The first-order chi connectivity index (χ1) is 8.26. The Labute approximate surface area is 103 Å². The van der Waals surface area contributed by atoms with Gasteiger partial charge in [-0.1, -0.05) is 18.2 Å². The minimum Gasteiger partial charge on any atom is -0.396 e. The van der Waals surface area contributed by atoms with Gasteiger partial charge in [-0.2, -0.15) is 0 Å². The first-order valence-electron chi connectivity index (χ1n) is 6.47. The van der Waals surface area contributed by atoms with Crippen LogP contribution in [0.1, 0.15) is 26.2 Å². The summed E-state index contributed by atoms with van der Waals surface area (Å²) >= 11 is 0. The van der Waals surface area contributed by atoms with Crippen LogP contribution in [0.25, 0.3) is 0 Å². The minimum atomic E-state index is -0.0425. The van der Waals surface area contributed by atoms with Crippen LogP contribution in [-0.4, -0.2) is 23.7 Å². The van der Waals surface area contributed by atoms with Crippen molar-refractivity contribution < 1.29 is 9.90 Å². The number of fused-ring (bicyclic) bond motifs is 2. The quantitative estimate of drug-likeness (QED) is 0.575. The normalized spacial score (nSPS) is 36.1. The molecule has 3 nitrogen and oxygen atoms in total. The van der Waals surface area contributed by atoms with E-state index in [9.17, 15) is 9.90 Å². The Balaban J connectivity index is 1.92. The summed E-state index contributed by atoms with van der Waals surface area (Å²) in [6, 6.07) is 0.182. The van der Waals surface area contributed by atoms with Gasteiger partial charge in [-0.05, 0) is 38.0 Å². The second kappa shape index (κ2) is 5.50. The number of carbonyl (C=O) groups is 1. The van der Waals surface area contributed by atoms with Gasteiger partial charge in [-0.25, -0.2) is 0 Å². The number of amides is 1. The molecule has 2 bridgehead atoms. The fourth-order valence-electron chi connectivity index (χ4n) is 3.36. The zero-order valence-corrected chi connectivity index (χ0v) is 10.3. The van der Waals surface area contributed by atoms with Crippen LogP contribution in [0.5, 0.6) is 0 Å². The third-order valence-electron chi connectivity index (χ3n) is 4.16. The minimum absolute atomic E-state index is 0.0425. The maximum atomic E-state index is 11.7. The van der Waals surface area contributed by atoms with Crippen LogP contribution in [0.15, 0.2) is 24.3 Å². The molecular formula is C14H21NO2. The van der Waals surface area contributed by atoms with E-state index in [2.05, 4.69) is 5.32 Å². The Bertz CT molecular complexity index is 335. The monoisotopic (exact) mass is 235 g/mol. The summed E-state index contributed by atoms with van der Waals surface area (Å²) in [4.78, 5) is 11.7. The van der Waals surface area contributed by atoms with Crippen molar-refractivity contribution in [3.63, 3.8) is 0 Å². The molecule has 2 saturated carbocycles. The zero-order chi connectivity index (χ0) is 12.3. The molecule has 2 aliphatic carbocycles. The summed E-state index contributed by atoms with van der Waals surface area (Å²) in [5.74, 6) is 1.43. The van der Waals surface area contributed by atoms with E-state index >= 15 is 0 Å². The van der Waals surface area contributed by atoms with Crippen LogP contribution >= 0.6 is 0 Å². The third kappa shape index (κ3) is 2.60. The molecule has 0 spiro atoms. The number of aliphatic hydroxyl groups excluding tert-OH is 1. The van der Waals surface area contributed by atoms with Crippen molar-refractivity contribution >= 4 is 5.91 Å². The van der Waals surface area contributed by atoms with Gasteiger partial charge in [0, 0.05) is 24.6 Å². The molecule has 2 rings (SSSR count). The number of carbonyl (C=O) groups excluding carboxylic acids is 1. The Morgan fingerprint density at radius 2 is 2.12 bits per heavy atom. The molecule has 94 valence electrons. The molecule has 0 heterocycles. The van der Waals surface area contributed by atoms with Gasteiger partial charge in [0.05, 0.1) is 0 Å². The van der Waals surface area contributed by atoms with Crippen LogP contribution in [0.4, 0.5) is 0 Å². The Kier molecular flexibility index (Phi) is 4.00. The molecule has 1 amide bonds. The molecule has 4 unspecified atom stereocenters. The van der Waals surface area contributed by atoms with E-state index in [1.165, 1.54) is 19.3 Å². The number of allylic oxidation sites excluding steroid dienone is 3. The average molecular weight is 235 g/mol. The molecule has 0 aromatic rings. The van der Waals surface area contributed by atoms with E-state index in [4.69, 9.17) is 0 Å². The summed E-state index contributed by atoms with van der Waals surface area (Å²) < 4.78 is 0. The van der Waals surface area contributed by atoms with Crippen LogP contribution < -0.4 is 5.32 Å². The molecule has 2 N–H and O–H groups in total. The summed E-state index contributed by atoms with van der Waals surface area (Å²) in [6.07, 6.45) is 10.6. The summed E-state index contributed by atoms with van der Waals surface area (Å²) in [5, 5.41) is 12.5. The number of rotatable bonds is 4. The van der Waals surface area contributed by atoms with Crippen molar-refractivity contribution in [3.8, 4) is 0 Å². The first kappa shape index (κ1) is 12.4. The lowest BCUT2D eigenvalue weighted by atomic mass is 9.85. The highest BCUT2D eigenvalue weighted by Gasteiger charge is 2.47. The van der Waals surface area contributed by atoms with E-state index in [1.54, 1.807) is 12.2 Å². The standard InChI is InChI=1S/C14H21NO2/c1-2-3-4-5-13(17)15-14-11-7-6-10(8-11)12(14)9-16/h2-5,10-12,14,16H,6-9H2,1H3,(H,15,17). The Morgan fingerprint density at radius 3 is 2.82 bits per heavy atom. The molecule has 0 radical (unpaired) electrons. The number of aliphatic hydroxyl groups is 1. The van der Waals surface area contributed by atoms with Gasteiger partial charge in [-0.15, -0.1) is 0 Å². The fraction of sp³-hybridized carbons (Fsp3) is 0.643. The zero-order valence-electron chi connectivity index (χ0n) is 10.3. The Morgan fingerprint density at radius 1 is 1.35 bits per heavy atom. The van der Waals surface area contributed by atoms with Gasteiger partial charge >= 0.3 is 0 Å². The average Bonchev–Trinajstić information content (AvgIpc) is 2.90. The lowest BCUT2D eigenvalue weighted by molar-refractivity contribution is -0.118. The van der Waals surface area contributed by atoms with E-state index in [0.29, 0.717) is 11.8 Å². The highest BCUT2D eigenvalue weighted by atomic mass is 16.3. The highest BCUT2D eigenvalue weighted by molar-refractivity contribution is 5.88. The van der Waals surface area contributed by atoms with Gasteiger partial charge in [-0.3, -0.25) is 4.79 Å². The summed E-state index contributed by atoms with van der Waals surface area (Å²) in [7, 11) is 0. The highest BCUT2D eigenvalue weighted by Crippen LogP contribution is 2.48. The lowest BCUT2D eigenvalue weighted by Crippen LogP contribution is -2.44. The first-order valence-corrected chi connectivity index (χ1v) is 6.47. The molecule has 0 aromatic carbocycles. The molecule has 0 saturated heterocycles. The topological polar surface area (TPSA) is 49.3 Å². The van der Waals surface area contributed by atoms with Gasteiger partial charge < -0.3 is 10.4 Å². The van der Waals surface area contributed by atoms with Crippen molar-refractivity contribution in [2.24, 2.45) is 17.8 Å². The summed E-state index contributed by atoms with van der Waals surface area (Å²) in [6.45, 7) is 2.12. The number of hydrogen-bond acceptors (Lipinski definition) is 2. The van der Waals surface area contributed by atoms with Gasteiger partial charge in [0.1, 0.15) is 0 Å². The van der Waals surface area contributed by atoms with Crippen molar-refractivity contribution in [3.05, 3.63) is 24.3 Å². The van der Waals surface area contributed by atoms with Gasteiger partial charge in [0.2, 0.25) is 5.91 Å². The predicted octanol–water partition coefficient (Wildman–Crippen LogP) is 1.64. The maximum Gasteiger partial charge on any atom is 0.244 e. The SMILES string of the molecule is CC=CC=CC(=O)NC1C2CCC(C2)C1CO. The third-order valence-corrected chi connectivity index (χ3v) is 4.16. The van der Waals surface area contributed by atoms with E-state index < -0.39 is 0 Å². The van der Waals surface area contributed by atoms with Crippen molar-refractivity contribution in [1.29, 1.82) is 0 Å². The molecule has 2 aliphatic rings. The molecule has 3 heteroatoms. The number of hydrogen-bond donors (Lipinski definition) is 2. The fourth-order valence-corrected chi connectivity index (χ4v) is 3.36. The molecule has 0 aromatic heterocycles. The molecule has 4 atom stereocenters. The van der Waals surface area contributed by atoms with Crippen molar-refractivity contribution in [2.45, 2.75) is 32.2 Å². The lowest BCUT2D eigenvalue weighted by Gasteiger charge is -2.30. The van der Waals surface area contributed by atoms with E-state index in [0.717, 1.165) is 0 Å². The molecule has 2 fully saturated rings. The molecule has 0 aliphatic heterocycles. The Hall–Kier alpha value is -1.09. The second-order valence-corrected chi connectivity index (χ2v) is 5.10. The van der Waals surface area contributed by atoms with Gasteiger partial charge in [0.25, 0.3) is 0 Å². The van der Waals surface area contributed by atoms with E-state index in [-0.39, 0.29) is 24.5 Å². The largest absolute Gasteiger partial charge is 0.396 e. The predicted molar refractivity (Wildman–Crippen MR) is 67.3 cm³/mol. The maximum absolute atomic E-state index is 11.7. The van der Waals surface area contributed by atoms with Gasteiger partial charge in [0.15, 0.2) is 0 Å². The van der Waals surface area contributed by atoms with E-state index in [1.807, 2.05) is 19.1 Å². The van der Waals surface area contributed by atoms with Crippen molar-refractivity contribution in [1.82, 2.24) is 5.32 Å². The van der Waals surface area contributed by atoms with Crippen LogP contribution in [0.2, 0.25) is 0 Å². The number of nitrogens with one attached hydrogen (secondary N) is 1. The van der Waals surface area contributed by atoms with Crippen molar-refractivity contribution in [2.75, 3.05) is 6.61 Å². The smallest absolute Gasteiger partial charge is 0.244 e. The molecule has 17 heavy (non-hydrogen) atoms. The second-order valence-electron chi connectivity index (χ2n) is 5.10.